The molecule has 1 saturated carbocycles. The van der Waals surface area contributed by atoms with Crippen LogP contribution < -0.4 is 16.4 Å². The van der Waals surface area contributed by atoms with Crippen LogP contribution >= 0.6 is 22.9 Å². The number of amides is 2. The normalized spacial score (nSPS) is 18.9. The van der Waals surface area contributed by atoms with Crippen molar-refractivity contribution in [1.82, 2.24) is 9.55 Å². The van der Waals surface area contributed by atoms with E-state index in [1.54, 1.807) is 11.4 Å². The molecule has 7 nitrogen and oxygen atoms in total. The fourth-order valence-electron chi connectivity index (χ4n) is 3.86. The highest BCUT2D eigenvalue weighted by atomic mass is 35.5. The van der Waals surface area contributed by atoms with Gasteiger partial charge in [0.05, 0.1) is 26.6 Å². The van der Waals surface area contributed by atoms with Crippen molar-refractivity contribution in [2.75, 3.05) is 10.6 Å². The van der Waals surface area contributed by atoms with Crippen LogP contribution in [0, 0.1) is 0 Å². The Kier molecular flexibility index (Phi) is 5.90. The van der Waals surface area contributed by atoms with Gasteiger partial charge in [0.25, 0.3) is 5.91 Å². The summed E-state index contributed by atoms with van der Waals surface area (Å²) in [6.45, 7) is 3.42. The molecule has 1 fully saturated rings. The molecule has 4 N–H and O–H groups in total. The second-order valence-electron chi connectivity index (χ2n) is 7.34. The molecule has 1 aromatic carbocycles. The summed E-state index contributed by atoms with van der Waals surface area (Å²) in [7, 11) is 0. The molecule has 2 heterocycles. The van der Waals surface area contributed by atoms with Gasteiger partial charge in [-0.05, 0) is 50.0 Å². The Morgan fingerprint density at radius 1 is 1.33 bits per heavy atom. The number of carbonyl (C=O) groups is 2. The van der Waals surface area contributed by atoms with E-state index in [4.69, 9.17) is 17.3 Å². The molecule has 0 spiro atoms. The number of benzene rings is 1. The molecule has 0 aliphatic heterocycles. The lowest BCUT2D eigenvalue weighted by Crippen LogP contribution is -2.30. The number of aromatic nitrogens is 2. The van der Waals surface area contributed by atoms with Gasteiger partial charge >= 0.3 is 0 Å². The van der Waals surface area contributed by atoms with Crippen LogP contribution in [0.5, 0.6) is 0 Å². The summed E-state index contributed by atoms with van der Waals surface area (Å²) in [4.78, 5) is 29.5. The number of hydrogen-bond donors (Lipinski definition) is 3. The van der Waals surface area contributed by atoms with E-state index in [1.165, 1.54) is 17.4 Å². The monoisotopic (exact) mass is 443 g/mol. The minimum atomic E-state index is -0.329. The van der Waals surface area contributed by atoms with E-state index in [0.29, 0.717) is 21.5 Å². The molecule has 2 aromatic heterocycles. The van der Waals surface area contributed by atoms with Crippen molar-refractivity contribution in [1.29, 1.82) is 0 Å². The molecule has 4 rings (SSSR count). The number of nitrogens with two attached hydrogens (primary N) is 1. The molecule has 1 aliphatic rings. The van der Waals surface area contributed by atoms with Gasteiger partial charge in [-0.15, -0.1) is 11.3 Å². The van der Waals surface area contributed by atoms with Gasteiger partial charge in [-0.3, -0.25) is 14.9 Å². The Balaban J connectivity index is 1.66. The number of thiophene rings is 1. The third-order valence-electron chi connectivity index (χ3n) is 5.21. The number of fused-ring (bicyclic) bond motifs is 1. The maximum Gasteiger partial charge on any atom is 0.268 e. The highest BCUT2D eigenvalue weighted by Gasteiger charge is 2.27. The molecule has 0 unspecified atom stereocenters. The molecular weight excluding hydrogens is 422 g/mol. The topological polar surface area (TPSA) is 102 Å². The Hall–Kier alpha value is -2.68. The number of imidazole rings is 1. The van der Waals surface area contributed by atoms with Gasteiger partial charge in [0, 0.05) is 17.5 Å². The first kappa shape index (κ1) is 20.6. The lowest BCUT2D eigenvalue weighted by molar-refractivity contribution is -0.111. The van der Waals surface area contributed by atoms with Crippen LogP contribution in [-0.2, 0) is 4.79 Å². The van der Waals surface area contributed by atoms with E-state index in [1.807, 2.05) is 22.8 Å². The van der Waals surface area contributed by atoms with Crippen molar-refractivity contribution in [3.8, 4) is 0 Å². The maximum atomic E-state index is 12.9. The zero-order valence-corrected chi connectivity index (χ0v) is 17.8. The van der Waals surface area contributed by atoms with Crippen molar-refractivity contribution in [3.63, 3.8) is 0 Å². The molecule has 3 aromatic rings. The lowest BCUT2D eigenvalue weighted by atomic mass is 9.91. The number of nitrogens with zero attached hydrogens (tertiary/aromatic N) is 2. The van der Waals surface area contributed by atoms with Gasteiger partial charge in [0.1, 0.15) is 0 Å². The summed E-state index contributed by atoms with van der Waals surface area (Å²) in [6.07, 6.45) is 4.94. The van der Waals surface area contributed by atoms with Gasteiger partial charge in [0.15, 0.2) is 0 Å². The molecule has 0 radical (unpaired) electrons. The summed E-state index contributed by atoms with van der Waals surface area (Å²) < 4.78 is 2.02. The second kappa shape index (κ2) is 8.59. The van der Waals surface area contributed by atoms with E-state index in [-0.39, 0.29) is 23.9 Å². The minimum absolute atomic E-state index is 0.111. The fraction of sp³-hybridized carbons (Fsp3) is 0.286. The molecule has 30 heavy (non-hydrogen) atoms. The SMILES string of the molecule is C=CC(=O)Nc1csc(C(=O)Nc2nc3cccc(Cl)c3n2[C@@H]2CCC[C@H](N)C2)c1. The predicted molar refractivity (Wildman–Crippen MR) is 121 cm³/mol. The summed E-state index contributed by atoms with van der Waals surface area (Å²) >= 11 is 7.74. The number of anilines is 2. The van der Waals surface area contributed by atoms with Crippen LogP contribution in [0.25, 0.3) is 11.0 Å². The number of para-hydroxylation sites is 1. The van der Waals surface area contributed by atoms with Crippen LogP contribution in [0.3, 0.4) is 0 Å². The molecule has 1 aliphatic carbocycles. The van der Waals surface area contributed by atoms with Crippen molar-refractivity contribution >= 4 is 57.4 Å². The summed E-state index contributed by atoms with van der Waals surface area (Å²) in [5.41, 5.74) is 8.29. The number of nitrogens with one attached hydrogen (secondary N) is 2. The number of halogens is 1. The maximum absolute atomic E-state index is 12.9. The van der Waals surface area contributed by atoms with Crippen molar-refractivity contribution in [2.45, 2.75) is 37.8 Å². The Morgan fingerprint density at radius 2 is 2.17 bits per heavy atom. The molecule has 2 atom stereocenters. The predicted octanol–water partition coefficient (Wildman–Crippen LogP) is 4.57. The molecule has 0 saturated heterocycles. The third-order valence-corrected chi connectivity index (χ3v) is 6.45. The highest BCUT2D eigenvalue weighted by Crippen LogP contribution is 2.36. The van der Waals surface area contributed by atoms with E-state index >= 15 is 0 Å². The first-order valence-electron chi connectivity index (χ1n) is 9.71. The smallest absolute Gasteiger partial charge is 0.268 e. The standard InChI is InChI=1S/C21H22ClN5O2S/c1-2-18(28)24-13-10-17(30-11-13)20(29)26-21-25-16-8-4-7-15(22)19(16)27(21)14-6-3-5-12(23)9-14/h2,4,7-8,10-12,14H,1,3,5-6,9,23H2,(H,24,28)(H,25,26,29)/t12-,14+/m0/s1. The first-order valence-corrected chi connectivity index (χ1v) is 11.0. The van der Waals surface area contributed by atoms with Crippen LogP contribution in [0.15, 0.2) is 42.3 Å². The molecule has 156 valence electrons. The molecule has 9 heteroatoms. The van der Waals surface area contributed by atoms with Gasteiger partial charge < -0.3 is 15.6 Å². The lowest BCUT2D eigenvalue weighted by Gasteiger charge is -2.29. The average molecular weight is 444 g/mol. The quantitative estimate of drug-likeness (QED) is 0.502. The third kappa shape index (κ3) is 4.12. The Morgan fingerprint density at radius 3 is 2.93 bits per heavy atom. The van der Waals surface area contributed by atoms with Gasteiger partial charge in [-0.25, -0.2) is 4.98 Å². The van der Waals surface area contributed by atoms with E-state index in [9.17, 15) is 9.59 Å². The fourth-order valence-corrected chi connectivity index (χ4v) is 4.86. The van der Waals surface area contributed by atoms with E-state index < -0.39 is 0 Å². The molecule has 0 bridgehead atoms. The zero-order valence-electron chi connectivity index (χ0n) is 16.2. The number of rotatable bonds is 5. The highest BCUT2D eigenvalue weighted by molar-refractivity contribution is 7.12. The zero-order chi connectivity index (χ0) is 21.3. The van der Waals surface area contributed by atoms with Crippen molar-refractivity contribution in [2.24, 2.45) is 5.73 Å². The van der Waals surface area contributed by atoms with E-state index in [2.05, 4.69) is 22.2 Å². The molecular formula is C21H22ClN5O2S. The average Bonchev–Trinajstić information content (AvgIpc) is 3.33. The summed E-state index contributed by atoms with van der Waals surface area (Å²) in [6, 6.07) is 7.39. The van der Waals surface area contributed by atoms with Crippen LogP contribution in [-0.4, -0.2) is 27.4 Å². The second-order valence-corrected chi connectivity index (χ2v) is 8.66. The largest absolute Gasteiger partial charge is 0.328 e. The summed E-state index contributed by atoms with van der Waals surface area (Å²) in [5, 5.41) is 7.87. The van der Waals surface area contributed by atoms with Gasteiger partial charge in [0.2, 0.25) is 11.9 Å². The van der Waals surface area contributed by atoms with Gasteiger partial charge in [-0.2, -0.15) is 0 Å². The van der Waals surface area contributed by atoms with Crippen molar-refractivity contribution in [3.05, 3.63) is 52.2 Å². The van der Waals surface area contributed by atoms with E-state index in [0.717, 1.165) is 36.7 Å². The minimum Gasteiger partial charge on any atom is -0.328 e. The number of carbonyl (C=O) groups excluding carboxylic acids is 2. The van der Waals surface area contributed by atoms with Crippen LogP contribution in [0.4, 0.5) is 11.6 Å². The number of hydrogen-bond acceptors (Lipinski definition) is 5. The summed E-state index contributed by atoms with van der Waals surface area (Å²) in [5.74, 6) is -0.177. The molecule has 2 amide bonds. The van der Waals surface area contributed by atoms with Crippen LogP contribution in [0.1, 0.15) is 41.4 Å². The van der Waals surface area contributed by atoms with Crippen molar-refractivity contribution < 1.29 is 9.59 Å². The van der Waals surface area contributed by atoms with Crippen LogP contribution in [0.2, 0.25) is 5.02 Å². The van der Waals surface area contributed by atoms with Gasteiger partial charge in [-0.1, -0.05) is 24.2 Å². The Labute approximate surface area is 182 Å². The first-order chi connectivity index (χ1) is 14.5. The Bertz CT molecular complexity index is 1120.